The fourth-order valence-electron chi connectivity index (χ4n) is 1.22. The highest BCUT2D eigenvalue weighted by Crippen LogP contribution is 2.06. The maximum Gasteiger partial charge on any atom is -0.0348 e. The molecule has 0 saturated carbocycles. The molecule has 0 fully saturated rings. The van der Waals surface area contributed by atoms with Crippen LogP contribution in [0.4, 0.5) is 0 Å². The van der Waals surface area contributed by atoms with Crippen LogP contribution < -0.4 is 0 Å². The van der Waals surface area contributed by atoms with Gasteiger partial charge < -0.3 is 0 Å². The van der Waals surface area contributed by atoms with Crippen LogP contribution in [0.15, 0.2) is 30.4 Å². The largest absolute Gasteiger partial charge is 0.0917 e. The van der Waals surface area contributed by atoms with Crippen molar-refractivity contribution in [2.75, 3.05) is 0 Å². The van der Waals surface area contributed by atoms with E-state index in [2.05, 4.69) is 25.2 Å². The molecule has 0 spiro atoms. The van der Waals surface area contributed by atoms with E-state index in [1.165, 1.54) is 32.1 Å². The summed E-state index contributed by atoms with van der Waals surface area (Å²) in [7, 11) is 0. The Kier molecular flexibility index (Phi) is 10.5. The Morgan fingerprint density at radius 1 is 0.923 bits per heavy atom. The second-order valence-corrected chi connectivity index (χ2v) is 3.18. The molecule has 0 nitrogen and oxygen atoms in total. The van der Waals surface area contributed by atoms with Gasteiger partial charge in [-0.2, -0.15) is 0 Å². The molecule has 1 radical (unpaired) electrons. The van der Waals surface area contributed by atoms with Gasteiger partial charge in [-0.05, 0) is 32.6 Å². The average Bonchev–Trinajstić information content (AvgIpc) is 2.16. The third-order valence-electron chi connectivity index (χ3n) is 1.97. The summed E-state index contributed by atoms with van der Waals surface area (Å²) in [6, 6.07) is 0. The van der Waals surface area contributed by atoms with Gasteiger partial charge in [0, 0.05) is 0 Å². The molecule has 0 saturated heterocycles. The molecular weight excluding hydrogens is 156 g/mol. The van der Waals surface area contributed by atoms with Crippen LogP contribution in [-0.2, 0) is 0 Å². The summed E-state index contributed by atoms with van der Waals surface area (Å²) in [5.41, 5.74) is 0. The summed E-state index contributed by atoms with van der Waals surface area (Å²) in [5.74, 6) is 0. The van der Waals surface area contributed by atoms with E-state index in [9.17, 15) is 0 Å². The number of unbranched alkanes of at least 4 members (excludes halogenated alkanes) is 5. The van der Waals surface area contributed by atoms with E-state index in [4.69, 9.17) is 6.58 Å². The minimum atomic E-state index is 1.16. The van der Waals surface area contributed by atoms with Crippen LogP contribution >= 0.6 is 0 Å². The van der Waals surface area contributed by atoms with Crippen molar-refractivity contribution < 1.29 is 0 Å². The third-order valence-corrected chi connectivity index (χ3v) is 1.97. The molecule has 0 aliphatic carbocycles. The SMILES string of the molecule is [CH]=CC=CCCCCCCC=CC. The lowest BCUT2D eigenvalue weighted by molar-refractivity contribution is 0.652. The number of hydrogen-bond acceptors (Lipinski definition) is 0. The molecule has 0 aromatic rings. The van der Waals surface area contributed by atoms with Gasteiger partial charge >= 0.3 is 0 Å². The first-order valence-electron chi connectivity index (χ1n) is 5.23. The molecule has 0 amide bonds. The Morgan fingerprint density at radius 2 is 1.54 bits per heavy atom. The first-order chi connectivity index (χ1) is 6.41. The zero-order valence-corrected chi connectivity index (χ0v) is 8.71. The molecule has 0 heteroatoms. The van der Waals surface area contributed by atoms with E-state index in [0.717, 1.165) is 6.42 Å². The van der Waals surface area contributed by atoms with Crippen molar-refractivity contribution in [3.05, 3.63) is 37.0 Å². The molecular formula is C13H21. The number of hydrogen-bond donors (Lipinski definition) is 0. The molecule has 0 aliphatic rings. The van der Waals surface area contributed by atoms with E-state index in [-0.39, 0.29) is 0 Å². The predicted octanol–water partition coefficient (Wildman–Crippen LogP) is 4.45. The number of rotatable bonds is 8. The zero-order valence-electron chi connectivity index (χ0n) is 8.71. The molecule has 0 atom stereocenters. The lowest BCUT2D eigenvalue weighted by Gasteiger charge is -1.96. The van der Waals surface area contributed by atoms with Gasteiger partial charge in [-0.1, -0.05) is 49.8 Å². The molecule has 13 heavy (non-hydrogen) atoms. The molecule has 0 heterocycles. The minimum absolute atomic E-state index is 1.16. The molecule has 0 unspecified atom stereocenters. The lowest BCUT2D eigenvalue weighted by atomic mass is 10.1. The predicted molar refractivity (Wildman–Crippen MR) is 60.5 cm³/mol. The van der Waals surface area contributed by atoms with Gasteiger partial charge in [0.25, 0.3) is 0 Å². The van der Waals surface area contributed by atoms with Crippen LogP contribution in [0.5, 0.6) is 0 Å². The highest BCUT2D eigenvalue weighted by Gasteiger charge is 1.86. The number of allylic oxidation sites excluding steroid dienone is 5. The molecule has 0 aliphatic heterocycles. The molecule has 0 rings (SSSR count). The maximum atomic E-state index is 5.20. The van der Waals surface area contributed by atoms with Crippen LogP contribution in [0.1, 0.15) is 45.4 Å². The first-order valence-corrected chi connectivity index (χ1v) is 5.23. The van der Waals surface area contributed by atoms with E-state index in [1.54, 1.807) is 6.08 Å². The molecule has 0 N–H and O–H groups in total. The Hall–Kier alpha value is -0.780. The standard InChI is InChI=1S/C13H21/c1-3-5-7-9-11-13-12-10-8-6-4-2/h1,3-7H,8-13H2,2H3. The Morgan fingerprint density at radius 3 is 2.08 bits per heavy atom. The van der Waals surface area contributed by atoms with Crippen molar-refractivity contribution in [1.82, 2.24) is 0 Å². The van der Waals surface area contributed by atoms with Gasteiger partial charge in [0.15, 0.2) is 0 Å². The highest BCUT2D eigenvalue weighted by atomic mass is 13.9. The van der Waals surface area contributed by atoms with Crippen molar-refractivity contribution >= 4 is 0 Å². The molecule has 73 valence electrons. The fraction of sp³-hybridized carbons (Fsp3) is 0.538. The van der Waals surface area contributed by atoms with Crippen molar-refractivity contribution in [3.8, 4) is 0 Å². The van der Waals surface area contributed by atoms with Crippen molar-refractivity contribution in [1.29, 1.82) is 0 Å². The van der Waals surface area contributed by atoms with Crippen molar-refractivity contribution in [2.24, 2.45) is 0 Å². The zero-order chi connectivity index (χ0) is 9.78. The molecule has 0 aromatic carbocycles. The fourth-order valence-corrected chi connectivity index (χ4v) is 1.22. The van der Waals surface area contributed by atoms with E-state index in [1.807, 2.05) is 6.08 Å². The van der Waals surface area contributed by atoms with Gasteiger partial charge in [-0.3, -0.25) is 0 Å². The normalized spacial score (nSPS) is 11.5. The maximum absolute atomic E-state index is 5.20. The Labute approximate surface area is 83.0 Å². The van der Waals surface area contributed by atoms with Crippen molar-refractivity contribution in [3.63, 3.8) is 0 Å². The van der Waals surface area contributed by atoms with Crippen LogP contribution in [0.2, 0.25) is 0 Å². The summed E-state index contributed by atoms with van der Waals surface area (Å²) in [6.45, 7) is 7.28. The van der Waals surface area contributed by atoms with Crippen LogP contribution in [0.3, 0.4) is 0 Å². The molecule has 0 aromatic heterocycles. The smallest absolute Gasteiger partial charge is 0.0348 e. The summed E-state index contributed by atoms with van der Waals surface area (Å²) in [4.78, 5) is 0. The second kappa shape index (κ2) is 11.2. The van der Waals surface area contributed by atoms with Crippen LogP contribution in [0.25, 0.3) is 0 Å². The van der Waals surface area contributed by atoms with Crippen molar-refractivity contribution in [2.45, 2.75) is 45.4 Å². The van der Waals surface area contributed by atoms with Gasteiger partial charge in [-0.15, -0.1) is 0 Å². The van der Waals surface area contributed by atoms with Gasteiger partial charge in [0.1, 0.15) is 0 Å². The third kappa shape index (κ3) is 11.2. The topological polar surface area (TPSA) is 0 Å². The second-order valence-electron chi connectivity index (χ2n) is 3.18. The summed E-state index contributed by atoms with van der Waals surface area (Å²) in [5, 5.41) is 0. The summed E-state index contributed by atoms with van der Waals surface area (Å²) >= 11 is 0. The van der Waals surface area contributed by atoms with Gasteiger partial charge in [0.2, 0.25) is 0 Å². The van der Waals surface area contributed by atoms with E-state index >= 15 is 0 Å². The van der Waals surface area contributed by atoms with E-state index < -0.39 is 0 Å². The summed E-state index contributed by atoms with van der Waals surface area (Å²) in [6.07, 6.45) is 17.7. The van der Waals surface area contributed by atoms with Gasteiger partial charge in [0.05, 0.1) is 0 Å². The highest BCUT2D eigenvalue weighted by molar-refractivity contribution is 4.95. The molecule has 0 bridgehead atoms. The van der Waals surface area contributed by atoms with Crippen LogP contribution in [-0.4, -0.2) is 0 Å². The average molecular weight is 177 g/mol. The minimum Gasteiger partial charge on any atom is -0.0917 e. The Bertz CT molecular complexity index is 151. The van der Waals surface area contributed by atoms with Crippen LogP contribution in [0, 0.1) is 6.58 Å². The quantitative estimate of drug-likeness (QED) is 0.292. The summed E-state index contributed by atoms with van der Waals surface area (Å²) < 4.78 is 0. The Balaban J connectivity index is 2.99. The van der Waals surface area contributed by atoms with E-state index in [0.29, 0.717) is 0 Å². The first kappa shape index (κ1) is 12.2. The van der Waals surface area contributed by atoms with Gasteiger partial charge in [-0.25, -0.2) is 0 Å². The monoisotopic (exact) mass is 177 g/mol. The lowest BCUT2D eigenvalue weighted by Crippen LogP contribution is -1.76.